The predicted molar refractivity (Wildman–Crippen MR) is 109 cm³/mol. The molecule has 0 radical (unpaired) electrons. The minimum Gasteiger partial charge on any atom is -0.458 e. The third kappa shape index (κ3) is 2.73. The number of Topliss-reactive ketones (excluding diaryl/α,β-unsaturated/α-hetero) is 1. The molecule has 0 unspecified atom stereocenters. The van der Waals surface area contributed by atoms with E-state index >= 15 is 0 Å². The van der Waals surface area contributed by atoms with Crippen LogP contribution in [0.15, 0.2) is 36.0 Å². The average Bonchev–Trinajstić information content (AvgIpc) is 2.93. The number of rotatable bonds is 3. The number of ketones is 2. The van der Waals surface area contributed by atoms with Gasteiger partial charge in [-0.05, 0) is 55.2 Å². The summed E-state index contributed by atoms with van der Waals surface area (Å²) < 4.78 is 4.88. The lowest BCUT2D eigenvalue weighted by Gasteiger charge is -2.59. The Morgan fingerprint density at radius 3 is 2.70 bits per heavy atom. The van der Waals surface area contributed by atoms with Crippen LogP contribution in [-0.2, 0) is 19.1 Å². The molecule has 3 saturated carbocycles. The van der Waals surface area contributed by atoms with Gasteiger partial charge in [-0.25, -0.2) is 0 Å². The van der Waals surface area contributed by atoms with Gasteiger partial charge in [-0.2, -0.15) is 0 Å². The first kappa shape index (κ1) is 21.2. The second-order valence-corrected chi connectivity index (χ2v) is 9.97. The summed E-state index contributed by atoms with van der Waals surface area (Å²) in [6, 6.07) is 0. The van der Waals surface area contributed by atoms with Gasteiger partial charge in [0.1, 0.15) is 5.60 Å². The quantitative estimate of drug-likeness (QED) is 0.687. The van der Waals surface area contributed by atoms with E-state index in [4.69, 9.17) is 4.74 Å². The molecule has 0 aromatic heterocycles. The highest BCUT2D eigenvalue weighted by Gasteiger charge is 2.68. The number of hydrogen-bond acceptors (Lipinski definition) is 6. The van der Waals surface area contributed by atoms with E-state index in [1.807, 2.05) is 19.9 Å². The molecule has 6 heteroatoms. The van der Waals surface area contributed by atoms with E-state index in [1.54, 1.807) is 12.2 Å². The maximum absolute atomic E-state index is 12.9. The van der Waals surface area contributed by atoms with Crippen LogP contribution in [0.25, 0.3) is 0 Å². The van der Waals surface area contributed by atoms with Crippen LogP contribution < -0.4 is 0 Å². The van der Waals surface area contributed by atoms with Crippen molar-refractivity contribution in [1.82, 2.24) is 0 Å². The first-order valence-electron chi connectivity index (χ1n) is 10.6. The van der Waals surface area contributed by atoms with Gasteiger partial charge >= 0.3 is 5.97 Å². The van der Waals surface area contributed by atoms with Gasteiger partial charge in [0.05, 0.1) is 6.10 Å². The van der Waals surface area contributed by atoms with Crippen molar-refractivity contribution in [1.29, 1.82) is 0 Å². The zero-order valence-corrected chi connectivity index (χ0v) is 17.8. The van der Waals surface area contributed by atoms with Crippen LogP contribution in [-0.4, -0.2) is 46.1 Å². The topological polar surface area (TPSA) is 101 Å². The summed E-state index contributed by atoms with van der Waals surface area (Å²) in [6.07, 6.45) is 6.17. The van der Waals surface area contributed by atoms with Crippen LogP contribution in [0.1, 0.15) is 46.5 Å². The summed E-state index contributed by atoms with van der Waals surface area (Å²) in [5.41, 5.74) is -1.20. The Hall–Kier alpha value is -2.05. The fourth-order valence-corrected chi connectivity index (χ4v) is 7.10. The zero-order chi connectivity index (χ0) is 22.1. The summed E-state index contributed by atoms with van der Waals surface area (Å²) in [6.45, 7) is 8.93. The van der Waals surface area contributed by atoms with Gasteiger partial charge in [-0.1, -0.05) is 32.1 Å². The average molecular weight is 414 g/mol. The number of fused-ring (bicyclic) bond motifs is 5. The van der Waals surface area contributed by atoms with Crippen LogP contribution in [0.4, 0.5) is 0 Å². The van der Waals surface area contributed by atoms with Gasteiger partial charge in [0, 0.05) is 23.7 Å². The third-order valence-electron chi connectivity index (χ3n) is 8.49. The molecule has 0 heterocycles. The number of ether oxygens (including phenoxy) is 1. The largest absolute Gasteiger partial charge is 0.458 e. The number of aliphatic hydroxyl groups is 2. The minimum atomic E-state index is -1.64. The molecular formula is C24H30O6. The Labute approximate surface area is 176 Å². The zero-order valence-electron chi connectivity index (χ0n) is 17.8. The molecule has 6 nitrogen and oxygen atoms in total. The Morgan fingerprint density at radius 2 is 2.03 bits per heavy atom. The van der Waals surface area contributed by atoms with Gasteiger partial charge in [0.15, 0.2) is 12.4 Å². The number of carbonyl (C=O) groups excluding carboxylic acids is 3. The van der Waals surface area contributed by atoms with Crippen LogP contribution in [0.3, 0.4) is 0 Å². The molecule has 0 saturated heterocycles. The monoisotopic (exact) mass is 414 g/mol. The van der Waals surface area contributed by atoms with Crippen molar-refractivity contribution >= 4 is 17.5 Å². The molecule has 0 spiro atoms. The lowest BCUT2D eigenvalue weighted by atomic mass is 9.45. The highest BCUT2D eigenvalue weighted by atomic mass is 16.5. The van der Waals surface area contributed by atoms with Crippen molar-refractivity contribution in [3.05, 3.63) is 36.0 Å². The Morgan fingerprint density at radius 1 is 1.33 bits per heavy atom. The van der Waals surface area contributed by atoms with Crippen LogP contribution in [0.2, 0.25) is 0 Å². The van der Waals surface area contributed by atoms with Crippen molar-refractivity contribution in [2.45, 2.75) is 58.2 Å². The molecule has 0 aliphatic heterocycles. The number of aliphatic hydroxyl groups excluding tert-OH is 1. The van der Waals surface area contributed by atoms with Gasteiger partial charge in [0.2, 0.25) is 5.78 Å². The first-order chi connectivity index (χ1) is 13.9. The lowest BCUT2D eigenvalue weighted by molar-refractivity contribution is -0.179. The molecule has 4 aliphatic carbocycles. The van der Waals surface area contributed by atoms with E-state index in [9.17, 15) is 24.6 Å². The fraction of sp³-hybridized carbons (Fsp3) is 0.625. The standard InChI is InChI=1S/C24H30O6/c1-13-9-16-17-6-8-24(29,20(28)12-30-14(2)25)23(17,4)11-19(27)21(16)22(3)7-5-15(26)10-18(13)22/h5,7,10,16-17,19,21,27,29H,1,6,8-9,11-12H2,2-4H3/t16-,17-,19-,21+,22-,23-,24-/m0/s1. The van der Waals surface area contributed by atoms with Crippen molar-refractivity contribution < 1.29 is 29.3 Å². The molecule has 2 N–H and O–H groups in total. The maximum atomic E-state index is 12.9. The summed E-state index contributed by atoms with van der Waals surface area (Å²) in [5, 5.41) is 22.8. The van der Waals surface area contributed by atoms with Crippen molar-refractivity contribution in [3.8, 4) is 0 Å². The molecule has 4 aliphatic rings. The summed E-state index contributed by atoms with van der Waals surface area (Å²) in [5.74, 6) is -1.21. The molecule has 7 atom stereocenters. The molecule has 162 valence electrons. The highest BCUT2D eigenvalue weighted by Crippen LogP contribution is 2.67. The molecule has 3 fully saturated rings. The first-order valence-corrected chi connectivity index (χ1v) is 10.6. The molecular weight excluding hydrogens is 384 g/mol. The number of allylic oxidation sites excluding steroid dienone is 5. The summed E-state index contributed by atoms with van der Waals surface area (Å²) in [4.78, 5) is 36.0. The Kier molecular flexibility index (Phi) is 4.75. The lowest BCUT2D eigenvalue weighted by Crippen LogP contribution is -2.62. The highest BCUT2D eigenvalue weighted by molar-refractivity contribution is 6.02. The summed E-state index contributed by atoms with van der Waals surface area (Å²) >= 11 is 0. The molecule has 0 aromatic carbocycles. The Bertz CT molecular complexity index is 899. The van der Waals surface area contributed by atoms with E-state index in [-0.39, 0.29) is 36.4 Å². The van der Waals surface area contributed by atoms with E-state index in [0.717, 1.165) is 11.1 Å². The smallest absolute Gasteiger partial charge is 0.303 e. The SMILES string of the molecule is C=C1C[C@@H]2[C@H]([C@@H](O)C[C@@]3(C)[C@H]2CC[C@]3(O)C(=O)COC(C)=O)[C@@]2(C)C=CC(=O)C=C12. The molecule has 30 heavy (non-hydrogen) atoms. The van der Waals surface area contributed by atoms with Crippen LogP contribution in [0, 0.1) is 28.6 Å². The molecule has 0 bridgehead atoms. The van der Waals surface area contributed by atoms with Crippen molar-refractivity contribution in [2.24, 2.45) is 28.6 Å². The van der Waals surface area contributed by atoms with Crippen molar-refractivity contribution in [3.63, 3.8) is 0 Å². The number of hydrogen-bond donors (Lipinski definition) is 2. The van der Waals surface area contributed by atoms with E-state index < -0.39 is 40.9 Å². The van der Waals surface area contributed by atoms with Crippen LogP contribution in [0.5, 0.6) is 0 Å². The maximum Gasteiger partial charge on any atom is 0.303 e. The van der Waals surface area contributed by atoms with Gasteiger partial charge in [-0.15, -0.1) is 0 Å². The summed E-state index contributed by atoms with van der Waals surface area (Å²) in [7, 11) is 0. The molecule has 0 aromatic rings. The predicted octanol–water partition coefficient (Wildman–Crippen LogP) is 2.29. The minimum absolute atomic E-state index is 0.0123. The normalized spacial score (nSPS) is 44.6. The van der Waals surface area contributed by atoms with Crippen molar-refractivity contribution in [2.75, 3.05) is 6.61 Å². The van der Waals surface area contributed by atoms with E-state index in [2.05, 4.69) is 6.58 Å². The molecule has 0 amide bonds. The fourth-order valence-electron chi connectivity index (χ4n) is 7.10. The number of carbonyl (C=O) groups is 3. The van der Waals surface area contributed by atoms with E-state index in [0.29, 0.717) is 12.8 Å². The third-order valence-corrected chi connectivity index (χ3v) is 8.49. The van der Waals surface area contributed by atoms with Gasteiger partial charge in [0.25, 0.3) is 0 Å². The second kappa shape index (κ2) is 6.72. The second-order valence-electron chi connectivity index (χ2n) is 9.97. The van der Waals surface area contributed by atoms with Crippen LogP contribution >= 0.6 is 0 Å². The van der Waals surface area contributed by atoms with Gasteiger partial charge in [-0.3, -0.25) is 14.4 Å². The Balaban J connectivity index is 1.71. The number of esters is 1. The van der Waals surface area contributed by atoms with E-state index in [1.165, 1.54) is 6.92 Å². The van der Waals surface area contributed by atoms with Gasteiger partial charge < -0.3 is 14.9 Å². The molecule has 4 rings (SSSR count).